The Morgan fingerprint density at radius 2 is 1.74 bits per heavy atom. The molecule has 2 heteroatoms. The van der Waals surface area contributed by atoms with Crippen LogP contribution in [0.3, 0.4) is 0 Å². The third kappa shape index (κ3) is 2.96. The summed E-state index contributed by atoms with van der Waals surface area (Å²) in [6.07, 6.45) is 2.33. The number of ether oxygens (including phenoxy) is 1. The van der Waals surface area contributed by atoms with Gasteiger partial charge in [0.2, 0.25) is 0 Å². The highest BCUT2D eigenvalue weighted by atomic mass is 16.5. The Balaban J connectivity index is 1.85. The van der Waals surface area contributed by atoms with Gasteiger partial charge < -0.3 is 10.1 Å². The zero-order valence-electron chi connectivity index (χ0n) is 11.0. The predicted octanol–water partition coefficient (Wildman–Crippen LogP) is 3.94. The van der Waals surface area contributed by atoms with E-state index >= 15 is 0 Å². The Bertz CT molecular complexity index is 518. The molecule has 98 valence electrons. The van der Waals surface area contributed by atoms with Gasteiger partial charge in [-0.25, -0.2) is 0 Å². The Morgan fingerprint density at radius 3 is 2.53 bits per heavy atom. The first-order chi connectivity index (χ1) is 9.43. The van der Waals surface area contributed by atoms with Crippen LogP contribution in [0.4, 0.5) is 5.69 Å². The summed E-state index contributed by atoms with van der Waals surface area (Å²) in [5.74, 6) is 0. The Hall–Kier alpha value is -1.80. The second kappa shape index (κ2) is 5.89. The minimum atomic E-state index is 0.429. The van der Waals surface area contributed by atoms with Gasteiger partial charge in [-0.05, 0) is 24.5 Å². The molecule has 0 aromatic heterocycles. The smallest absolute Gasteiger partial charge is 0.0667 e. The molecule has 3 rings (SSSR count). The Morgan fingerprint density at radius 1 is 0.947 bits per heavy atom. The molecule has 1 N–H and O–H groups in total. The van der Waals surface area contributed by atoms with Crippen molar-refractivity contribution in [1.82, 2.24) is 0 Å². The summed E-state index contributed by atoms with van der Waals surface area (Å²) < 4.78 is 5.54. The van der Waals surface area contributed by atoms with Crippen LogP contribution in [0.5, 0.6) is 0 Å². The third-order valence-corrected chi connectivity index (χ3v) is 3.53. The van der Waals surface area contributed by atoms with Crippen LogP contribution >= 0.6 is 0 Å². The summed E-state index contributed by atoms with van der Waals surface area (Å²) in [6, 6.07) is 19.4. The Kier molecular flexibility index (Phi) is 3.80. The van der Waals surface area contributed by atoms with Crippen LogP contribution in [0.1, 0.15) is 12.8 Å². The number of benzene rings is 2. The van der Waals surface area contributed by atoms with Gasteiger partial charge in [-0.15, -0.1) is 0 Å². The van der Waals surface area contributed by atoms with Crippen molar-refractivity contribution in [3.8, 4) is 11.1 Å². The lowest BCUT2D eigenvalue weighted by molar-refractivity contribution is 0.0876. The molecular weight excluding hydrogens is 234 g/mol. The molecule has 1 unspecified atom stereocenters. The minimum Gasteiger partial charge on any atom is -0.379 e. The molecule has 1 aliphatic rings. The van der Waals surface area contributed by atoms with Crippen molar-refractivity contribution in [2.45, 2.75) is 18.9 Å². The standard InChI is InChI=1S/C17H19NO/c1-2-7-14(8-3-1)16-10-4-5-11-17(16)18-15-9-6-12-19-13-15/h1-5,7-8,10-11,15,18H,6,9,12-13H2. The highest BCUT2D eigenvalue weighted by Gasteiger charge is 2.15. The predicted molar refractivity (Wildman–Crippen MR) is 79.3 cm³/mol. The van der Waals surface area contributed by atoms with E-state index in [1.807, 2.05) is 0 Å². The molecular formula is C17H19NO. The van der Waals surface area contributed by atoms with Gasteiger partial charge in [0.25, 0.3) is 0 Å². The van der Waals surface area contributed by atoms with Gasteiger partial charge >= 0.3 is 0 Å². The number of rotatable bonds is 3. The van der Waals surface area contributed by atoms with E-state index in [1.165, 1.54) is 23.2 Å². The van der Waals surface area contributed by atoms with E-state index in [0.717, 1.165) is 19.6 Å². The van der Waals surface area contributed by atoms with Crippen LogP contribution in [0.2, 0.25) is 0 Å². The lowest BCUT2D eigenvalue weighted by atomic mass is 10.0. The van der Waals surface area contributed by atoms with Crippen molar-refractivity contribution < 1.29 is 4.74 Å². The molecule has 0 saturated carbocycles. The summed E-state index contributed by atoms with van der Waals surface area (Å²) in [6.45, 7) is 1.71. The fourth-order valence-electron chi connectivity index (χ4n) is 2.55. The van der Waals surface area contributed by atoms with Crippen LogP contribution in [0, 0.1) is 0 Å². The summed E-state index contributed by atoms with van der Waals surface area (Å²) in [4.78, 5) is 0. The van der Waals surface area contributed by atoms with E-state index < -0.39 is 0 Å². The van der Waals surface area contributed by atoms with Gasteiger partial charge in [-0.1, -0.05) is 48.5 Å². The number of hydrogen-bond acceptors (Lipinski definition) is 2. The maximum atomic E-state index is 5.54. The average Bonchev–Trinajstić information content (AvgIpc) is 2.50. The van der Waals surface area contributed by atoms with Crippen molar-refractivity contribution >= 4 is 5.69 Å². The largest absolute Gasteiger partial charge is 0.379 e. The quantitative estimate of drug-likeness (QED) is 0.894. The minimum absolute atomic E-state index is 0.429. The Labute approximate surface area is 114 Å². The van der Waals surface area contributed by atoms with Gasteiger partial charge in [-0.3, -0.25) is 0 Å². The van der Waals surface area contributed by atoms with Crippen LogP contribution in [0.25, 0.3) is 11.1 Å². The van der Waals surface area contributed by atoms with Crippen molar-refractivity contribution in [3.63, 3.8) is 0 Å². The lowest BCUT2D eigenvalue weighted by Gasteiger charge is -2.25. The van der Waals surface area contributed by atoms with Gasteiger partial charge in [0.05, 0.1) is 6.61 Å². The van der Waals surface area contributed by atoms with E-state index in [2.05, 4.69) is 59.9 Å². The summed E-state index contributed by atoms with van der Waals surface area (Å²) >= 11 is 0. The highest BCUT2D eigenvalue weighted by Crippen LogP contribution is 2.28. The molecule has 1 fully saturated rings. The van der Waals surface area contributed by atoms with Crippen molar-refractivity contribution in [2.75, 3.05) is 18.5 Å². The van der Waals surface area contributed by atoms with E-state index in [9.17, 15) is 0 Å². The van der Waals surface area contributed by atoms with Crippen molar-refractivity contribution in [3.05, 3.63) is 54.6 Å². The molecule has 1 heterocycles. The molecule has 0 spiro atoms. The number of anilines is 1. The second-order valence-electron chi connectivity index (χ2n) is 4.97. The zero-order valence-corrected chi connectivity index (χ0v) is 11.0. The van der Waals surface area contributed by atoms with Crippen LogP contribution < -0.4 is 5.32 Å². The SMILES string of the molecule is c1ccc(-c2ccccc2NC2CCCOC2)cc1. The molecule has 19 heavy (non-hydrogen) atoms. The molecule has 0 bridgehead atoms. The summed E-state index contributed by atoms with van der Waals surface area (Å²) in [7, 11) is 0. The topological polar surface area (TPSA) is 21.3 Å². The zero-order chi connectivity index (χ0) is 12.9. The van der Waals surface area contributed by atoms with Gasteiger partial charge in [0, 0.05) is 23.9 Å². The fourth-order valence-corrected chi connectivity index (χ4v) is 2.55. The molecule has 1 aliphatic heterocycles. The molecule has 0 amide bonds. The number of nitrogens with one attached hydrogen (secondary N) is 1. The molecule has 2 aromatic carbocycles. The maximum absolute atomic E-state index is 5.54. The van der Waals surface area contributed by atoms with Crippen molar-refractivity contribution in [2.24, 2.45) is 0 Å². The molecule has 1 atom stereocenters. The van der Waals surface area contributed by atoms with Gasteiger partial charge in [0.1, 0.15) is 0 Å². The summed E-state index contributed by atoms with van der Waals surface area (Å²) in [5, 5.41) is 3.62. The van der Waals surface area contributed by atoms with E-state index in [0.29, 0.717) is 6.04 Å². The van der Waals surface area contributed by atoms with E-state index in [4.69, 9.17) is 4.74 Å². The van der Waals surface area contributed by atoms with E-state index in [1.54, 1.807) is 0 Å². The first kappa shape index (κ1) is 12.2. The first-order valence-electron chi connectivity index (χ1n) is 6.92. The third-order valence-electron chi connectivity index (χ3n) is 3.53. The van der Waals surface area contributed by atoms with Crippen molar-refractivity contribution in [1.29, 1.82) is 0 Å². The van der Waals surface area contributed by atoms with Gasteiger partial charge in [-0.2, -0.15) is 0 Å². The van der Waals surface area contributed by atoms with E-state index in [-0.39, 0.29) is 0 Å². The normalized spacial score (nSPS) is 19.1. The fraction of sp³-hybridized carbons (Fsp3) is 0.294. The number of para-hydroxylation sites is 1. The van der Waals surface area contributed by atoms with Crippen LogP contribution in [-0.2, 0) is 4.74 Å². The molecule has 2 aromatic rings. The molecule has 0 aliphatic carbocycles. The van der Waals surface area contributed by atoms with Gasteiger partial charge in [0.15, 0.2) is 0 Å². The molecule has 2 nitrogen and oxygen atoms in total. The molecule has 1 saturated heterocycles. The first-order valence-corrected chi connectivity index (χ1v) is 6.92. The maximum Gasteiger partial charge on any atom is 0.0667 e. The second-order valence-corrected chi connectivity index (χ2v) is 4.97. The highest BCUT2D eigenvalue weighted by molar-refractivity contribution is 5.77. The summed E-state index contributed by atoms with van der Waals surface area (Å²) in [5.41, 5.74) is 3.71. The van der Waals surface area contributed by atoms with Crippen LogP contribution in [-0.4, -0.2) is 19.3 Å². The number of hydrogen-bond donors (Lipinski definition) is 1. The monoisotopic (exact) mass is 253 g/mol. The van der Waals surface area contributed by atoms with Crippen LogP contribution in [0.15, 0.2) is 54.6 Å². The lowest BCUT2D eigenvalue weighted by Crippen LogP contribution is -2.30. The molecule has 0 radical (unpaired) electrons. The average molecular weight is 253 g/mol.